The first-order valence-corrected chi connectivity index (χ1v) is 9.37. The molecule has 1 aromatic heterocycles. The van der Waals surface area contributed by atoms with Crippen LogP contribution in [0.5, 0.6) is 0 Å². The normalized spacial score (nSPS) is 15.2. The molecule has 1 aliphatic rings. The molecule has 0 aliphatic carbocycles. The van der Waals surface area contributed by atoms with Gasteiger partial charge in [-0.2, -0.15) is 0 Å². The van der Waals surface area contributed by atoms with Gasteiger partial charge in [0.15, 0.2) is 0 Å². The Kier molecular flexibility index (Phi) is 4.84. The first-order valence-electron chi connectivity index (χ1n) is 8.99. The fourth-order valence-electron chi connectivity index (χ4n) is 3.43. The number of benzene rings is 2. The molecule has 1 atom stereocenters. The highest BCUT2D eigenvalue weighted by Crippen LogP contribution is 2.32. The predicted molar refractivity (Wildman–Crippen MR) is 110 cm³/mol. The average molecular weight is 392 g/mol. The van der Waals surface area contributed by atoms with Gasteiger partial charge in [0, 0.05) is 11.7 Å². The Morgan fingerprint density at radius 2 is 1.71 bits per heavy atom. The van der Waals surface area contributed by atoms with Gasteiger partial charge in [-0.1, -0.05) is 48.0 Å². The average Bonchev–Trinajstić information content (AvgIpc) is 3.05. The SMILES string of the molecule is CC1Cc2ccccc2N1C(=O)c1cccc(C(=O)Nc2ccccc2Cl)n1. The van der Waals surface area contributed by atoms with Crippen molar-refractivity contribution in [3.63, 3.8) is 0 Å². The van der Waals surface area contributed by atoms with Crippen molar-refractivity contribution >= 4 is 34.8 Å². The molecule has 0 saturated carbocycles. The molecule has 2 amide bonds. The Bertz CT molecular complexity index is 1070. The van der Waals surface area contributed by atoms with Crippen LogP contribution in [-0.4, -0.2) is 22.8 Å². The van der Waals surface area contributed by atoms with Crippen LogP contribution in [0, 0.1) is 0 Å². The summed E-state index contributed by atoms with van der Waals surface area (Å²) in [5.74, 6) is -0.637. The fourth-order valence-corrected chi connectivity index (χ4v) is 3.61. The monoisotopic (exact) mass is 391 g/mol. The molecule has 2 aromatic carbocycles. The van der Waals surface area contributed by atoms with Crippen molar-refractivity contribution in [2.45, 2.75) is 19.4 Å². The number of amides is 2. The lowest BCUT2D eigenvalue weighted by molar-refractivity contribution is 0.0976. The summed E-state index contributed by atoms with van der Waals surface area (Å²) in [6, 6.07) is 19.7. The van der Waals surface area contributed by atoms with Crippen LogP contribution in [0.3, 0.4) is 0 Å². The van der Waals surface area contributed by atoms with Gasteiger partial charge >= 0.3 is 0 Å². The Morgan fingerprint density at radius 1 is 1.00 bits per heavy atom. The molecule has 140 valence electrons. The standard InChI is InChI=1S/C22H18ClN3O2/c1-14-13-15-7-2-5-12-20(15)26(14)22(28)19-11-6-10-18(24-19)21(27)25-17-9-4-3-8-16(17)23/h2-12,14H,13H2,1H3,(H,25,27). The molecule has 0 radical (unpaired) electrons. The van der Waals surface area contributed by atoms with Gasteiger partial charge in [-0.05, 0) is 49.2 Å². The van der Waals surface area contributed by atoms with Gasteiger partial charge in [0.05, 0.1) is 10.7 Å². The number of halogens is 1. The second kappa shape index (κ2) is 7.44. The summed E-state index contributed by atoms with van der Waals surface area (Å²) in [4.78, 5) is 31.7. The second-order valence-corrected chi connectivity index (χ2v) is 7.11. The third-order valence-corrected chi connectivity index (χ3v) is 5.08. The number of nitrogens with zero attached hydrogens (tertiary/aromatic N) is 2. The van der Waals surface area contributed by atoms with E-state index in [4.69, 9.17) is 11.6 Å². The van der Waals surface area contributed by atoms with Crippen molar-refractivity contribution in [1.82, 2.24) is 4.98 Å². The molecule has 3 aromatic rings. The molecule has 0 fully saturated rings. The minimum atomic E-state index is -0.419. The Balaban J connectivity index is 1.60. The number of nitrogens with one attached hydrogen (secondary N) is 1. The summed E-state index contributed by atoms with van der Waals surface area (Å²) in [5.41, 5.74) is 2.92. The lowest BCUT2D eigenvalue weighted by atomic mass is 10.1. The number of pyridine rings is 1. The summed E-state index contributed by atoms with van der Waals surface area (Å²) in [5, 5.41) is 3.16. The zero-order valence-corrected chi connectivity index (χ0v) is 16.0. The van der Waals surface area contributed by atoms with E-state index in [9.17, 15) is 9.59 Å². The number of rotatable bonds is 3. The highest BCUT2D eigenvalue weighted by Gasteiger charge is 2.32. The number of aromatic nitrogens is 1. The molecule has 0 bridgehead atoms. The molecule has 1 unspecified atom stereocenters. The minimum Gasteiger partial charge on any atom is -0.319 e. The van der Waals surface area contributed by atoms with Gasteiger partial charge in [-0.15, -0.1) is 0 Å². The molecule has 1 aliphatic heterocycles. The molecule has 5 nitrogen and oxygen atoms in total. The molecule has 4 rings (SSSR count). The number of hydrogen-bond acceptors (Lipinski definition) is 3. The van der Waals surface area contributed by atoms with E-state index < -0.39 is 5.91 Å². The van der Waals surface area contributed by atoms with Crippen LogP contribution in [0.25, 0.3) is 0 Å². The molecule has 1 N–H and O–H groups in total. The molecule has 28 heavy (non-hydrogen) atoms. The first-order chi connectivity index (χ1) is 13.5. The Labute approximate surface area is 168 Å². The number of fused-ring (bicyclic) bond motifs is 1. The summed E-state index contributed by atoms with van der Waals surface area (Å²) in [7, 11) is 0. The lowest BCUT2D eigenvalue weighted by Gasteiger charge is -2.22. The highest BCUT2D eigenvalue weighted by atomic mass is 35.5. The first kappa shape index (κ1) is 18.2. The van der Waals surface area contributed by atoms with Crippen molar-refractivity contribution in [2.75, 3.05) is 10.2 Å². The largest absolute Gasteiger partial charge is 0.319 e. The maximum absolute atomic E-state index is 13.1. The van der Waals surface area contributed by atoms with Crippen LogP contribution in [0.15, 0.2) is 66.7 Å². The number of anilines is 2. The highest BCUT2D eigenvalue weighted by molar-refractivity contribution is 6.33. The van der Waals surface area contributed by atoms with Gasteiger partial charge in [0.2, 0.25) is 0 Å². The summed E-state index contributed by atoms with van der Waals surface area (Å²) in [6.07, 6.45) is 0.800. The van der Waals surface area contributed by atoms with Gasteiger partial charge in [0.25, 0.3) is 11.8 Å². The lowest BCUT2D eigenvalue weighted by Crippen LogP contribution is -2.36. The Hall–Kier alpha value is -3.18. The molecular weight excluding hydrogens is 374 g/mol. The molecule has 2 heterocycles. The quantitative estimate of drug-likeness (QED) is 0.710. The third kappa shape index (κ3) is 3.37. The van der Waals surface area contributed by atoms with Gasteiger partial charge in [0.1, 0.15) is 11.4 Å². The van der Waals surface area contributed by atoms with Crippen molar-refractivity contribution in [3.8, 4) is 0 Å². The van der Waals surface area contributed by atoms with Crippen molar-refractivity contribution in [2.24, 2.45) is 0 Å². The van der Waals surface area contributed by atoms with Gasteiger partial charge in [-0.25, -0.2) is 4.98 Å². The van der Waals surface area contributed by atoms with E-state index in [2.05, 4.69) is 10.3 Å². The minimum absolute atomic E-state index is 0.0345. The summed E-state index contributed by atoms with van der Waals surface area (Å²) in [6.45, 7) is 2.01. The van der Waals surface area contributed by atoms with Crippen LogP contribution in [0.2, 0.25) is 5.02 Å². The van der Waals surface area contributed by atoms with E-state index in [-0.39, 0.29) is 23.3 Å². The summed E-state index contributed by atoms with van der Waals surface area (Å²) >= 11 is 6.09. The zero-order chi connectivity index (χ0) is 19.7. The van der Waals surface area contributed by atoms with Crippen molar-refractivity contribution < 1.29 is 9.59 Å². The predicted octanol–water partition coefficient (Wildman–Crippen LogP) is 4.58. The van der Waals surface area contributed by atoms with E-state index in [0.29, 0.717) is 10.7 Å². The van der Waals surface area contributed by atoms with E-state index >= 15 is 0 Å². The zero-order valence-electron chi connectivity index (χ0n) is 15.2. The molecular formula is C22H18ClN3O2. The van der Waals surface area contributed by atoms with Gasteiger partial charge < -0.3 is 10.2 Å². The molecule has 6 heteroatoms. The summed E-state index contributed by atoms with van der Waals surface area (Å²) < 4.78 is 0. The van der Waals surface area contributed by atoms with Gasteiger partial charge in [-0.3, -0.25) is 9.59 Å². The van der Waals surface area contributed by atoms with Crippen LogP contribution in [0.4, 0.5) is 11.4 Å². The van der Waals surface area contributed by atoms with Crippen LogP contribution in [0.1, 0.15) is 33.5 Å². The topological polar surface area (TPSA) is 62.3 Å². The number of para-hydroxylation sites is 2. The van der Waals surface area contributed by atoms with E-state index in [1.807, 2.05) is 31.2 Å². The fraction of sp³-hybridized carbons (Fsp3) is 0.136. The van der Waals surface area contributed by atoms with E-state index in [1.165, 1.54) is 0 Å². The van der Waals surface area contributed by atoms with Crippen molar-refractivity contribution in [3.05, 3.63) is 88.7 Å². The van der Waals surface area contributed by atoms with Crippen molar-refractivity contribution in [1.29, 1.82) is 0 Å². The van der Waals surface area contributed by atoms with E-state index in [1.54, 1.807) is 47.4 Å². The van der Waals surface area contributed by atoms with Crippen LogP contribution < -0.4 is 10.2 Å². The molecule has 0 saturated heterocycles. The smallest absolute Gasteiger partial charge is 0.277 e. The third-order valence-electron chi connectivity index (χ3n) is 4.75. The maximum atomic E-state index is 13.1. The van der Waals surface area contributed by atoms with E-state index in [0.717, 1.165) is 17.7 Å². The number of hydrogen-bond donors (Lipinski definition) is 1. The maximum Gasteiger partial charge on any atom is 0.277 e. The van der Waals surface area contributed by atoms with Crippen LogP contribution >= 0.6 is 11.6 Å². The second-order valence-electron chi connectivity index (χ2n) is 6.70. The number of carbonyl (C=O) groups excluding carboxylic acids is 2. The Morgan fingerprint density at radius 3 is 2.54 bits per heavy atom. The number of carbonyl (C=O) groups is 2. The molecule has 0 spiro atoms. The van der Waals surface area contributed by atoms with Crippen LogP contribution in [-0.2, 0) is 6.42 Å².